The van der Waals surface area contributed by atoms with Gasteiger partial charge in [-0.05, 0) is 60.0 Å². The second-order valence-corrected chi connectivity index (χ2v) is 14.4. The van der Waals surface area contributed by atoms with E-state index in [1.807, 2.05) is 34.4 Å². The van der Waals surface area contributed by atoms with Crippen LogP contribution in [-0.2, 0) is 6.16 Å². The van der Waals surface area contributed by atoms with Crippen molar-refractivity contribution in [3.8, 4) is 0 Å². The Bertz CT molecular complexity index is 1120. The highest BCUT2D eigenvalue weighted by Gasteiger charge is 2.45. The lowest BCUT2D eigenvalue weighted by molar-refractivity contribution is 1.50. The van der Waals surface area contributed by atoms with Gasteiger partial charge in [0.05, 0.1) is 8.42 Å². The number of thiophene rings is 2. The summed E-state index contributed by atoms with van der Waals surface area (Å²) in [5.74, 6) is 0. The first-order valence-electron chi connectivity index (χ1n) is 10.2. The Morgan fingerprint density at radius 1 is 0.548 bits per heavy atom. The van der Waals surface area contributed by atoms with Crippen molar-refractivity contribution in [1.29, 1.82) is 0 Å². The molecule has 0 aliphatic carbocycles. The van der Waals surface area contributed by atoms with Crippen LogP contribution in [0.4, 0.5) is 0 Å². The van der Waals surface area contributed by atoms with Crippen LogP contribution in [0.2, 0.25) is 0 Å². The lowest BCUT2D eigenvalue weighted by Gasteiger charge is -2.27. The number of hydrogen-bond acceptors (Lipinski definition) is 3. The molecule has 152 valence electrons. The summed E-state index contributed by atoms with van der Waals surface area (Å²) in [6, 6.07) is 42.3. The van der Waals surface area contributed by atoms with E-state index >= 15 is 0 Å². The second kappa shape index (κ2) is 9.54. The summed E-state index contributed by atoms with van der Waals surface area (Å²) in [6.07, 6.45) is 1.04. The number of rotatable bonds is 7. The fourth-order valence-electron chi connectivity index (χ4n) is 3.92. The maximum absolute atomic E-state index is 2.34. The molecule has 0 amide bonds. The maximum atomic E-state index is 2.34. The van der Waals surface area contributed by atoms with Crippen LogP contribution in [0.1, 0.15) is 4.88 Å². The molecule has 5 rings (SSSR count). The molecular weight excluding hydrogens is 451 g/mol. The van der Waals surface area contributed by atoms with Crippen molar-refractivity contribution in [3.05, 3.63) is 126 Å². The predicted octanol–water partition coefficient (Wildman–Crippen LogP) is 7.45. The second-order valence-electron chi connectivity index (χ2n) is 7.23. The topological polar surface area (TPSA) is 0 Å². The molecule has 2 heterocycles. The highest BCUT2D eigenvalue weighted by molar-refractivity contribution is 8.03. The first-order valence-corrected chi connectivity index (χ1v) is 14.7. The lowest BCUT2D eigenvalue weighted by atomic mass is 10.4. The summed E-state index contributed by atoms with van der Waals surface area (Å²) in [7, 11) is -1.83. The summed E-state index contributed by atoms with van der Waals surface area (Å²) >= 11 is 5.62. The van der Waals surface area contributed by atoms with Gasteiger partial charge in [-0.1, -0.05) is 72.4 Å². The zero-order valence-corrected chi connectivity index (χ0v) is 20.3. The minimum Gasteiger partial charge on any atom is -0.137 e. The predicted molar refractivity (Wildman–Crippen MR) is 142 cm³/mol. The van der Waals surface area contributed by atoms with Crippen LogP contribution in [0.3, 0.4) is 0 Å². The van der Waals surface area contributed by atoms with Gasteiger partial charge in [-0.2, -0.15) is 0 Å². The monoisotopic (exact) mass is 473 g/mol. The van der Waals surface area contributed by atoms with E-state index in [-0.39, 0.29) is 0 Å². The van der Waals surface area contributed by atoms with Gasteiger partial charge in [0.2, 0.25) is 0 Å². The summed E-state index contributed by atoms with van der Waals surface area (Å²) in [5.41, 5.74) is 0. The molecule has 0 saturated heterocycles. The van der Waals surface area contributed by atoms with Crippen LogP contribution < -0.4 is 15.9 Å². The number of hydrogen-bond donors (Lipinski definition) is 0. The molecule has 5 aromatic rings. The molecular formula is C27H22PS3+. The summed E-state index contributed by atoms with van der Waals surface area (Å²) in [6.45, 7) is 0. The average Bonchev–Trinajstić information content (AvgIpc) is 3.52. The standard InChI is InChI=1S/C27H22PS3/c1-4-11-22(12-5-1)28(23-13-6-2-7-14-23,24-15-8-3-9-16-24)21-25-18-19-27(30-25)31-26-17-10-20-29-26/h1-20H,21H2/q+1. The van der Waals surface area contributed by atoms with Gasteiger partial charge in [0.15, 0.2) is 0 Å². The van der Waals surface area contributed by atoms with Crippen LogP contribution in [-0.4, -0.2) is 0 Å². The van der Waals surface area contributed by atoms with Crippen LogP contribution >= 0.6 is 41.7 Å². The van der Waals surface area contributed by atoms with E-state index in [2.05, 4.69) is 121 Å². The SMILES string of the molecule is c1ccc([P+](Cc2ccc(Sc3cccs3)s2)(c2ccccc2)c2ccccc2)cc1. The van der Waals surface area contributed by atoms with E-state index in [1.165, 1.54) is 29.2 Å². The van der Waals surface area contributed by atoms with E-state index in [0.29, 0.717) is 0 Å². The molecule has 2 aromatic heterocycles. The number of benzene rings is 3. The molecule has 0 unspecified atom stereocenters. The molecule has 4 heteroatoms. The van der Waals surface area contributed by atoms with Gasteiger partial charge in [-0.15, -0.1) is 22.7 Å². The Labute approximate surface area is 197 Å². The third-order valence-electron chi connectivity index (χ3n) is 5.32. The van der Waals surface area contributed by atoms with Crippen LogP contribution in [0, 0.1) is 0 Å². The van der Waals surface area contributed by atoms with Gasteiger partial charge < -0.3 is 0 Å². The van der Waals surface area contributed by atoms with Gasteiger partial charge in [0.1, 0.15) is 29.3 Å². The molecule has 0 radical (unpaired) electrons. The fraction of sp³-hybridized carbons (Fsp3) is 0.0370. The van der Waals surface area contributed by atoms with Crippen molar-refractivity contribution >= 4 is 57.6 Å². The van der Waals surface area contributed by atoms with E-state index in [9.17, 15) is 0 Å². The minimum absolute atomic E-state index is 1.04. The Morgan fingerprint density at radius 3 is 1.58 bits per heavy atom. The fourth-order valence-corrected chi connectivity index (χ4v) is 11.8. The van der Waals surface area contributed by atoms with E-state index in [4.69, 9.17) is 0 Å². The van der Waals surface area contributed by atoms with Gasteiger partial charge in [-0.25, -0.2) is 0 Å². The smallest absolute Gasteiger partial charge is 0.117 e. The first-order chi connectivity index (χ1) is 15.3. The molecule has 0 aliphatic rings. The van der Waals surface area contributed by atoms with Crippen molar-refractivity contribution in [1.82, 2.24) is 0 Å². The van der Waals surface area contributed by atoms with Crippen LogP contribution in [0.15, 0.2) is 129 Å². The summed E-state index contributed by atoms with van der Waals surface area (Å²) in [5, 5.41) is 6.46. The average molecular weight is 474 g/mol. The largest absolute Gasteiger partial charge is 0.137 e. The Kier molecular flexibility index (Phi) is 6.38. The summed E-state index contributed by atoms with van der Waals surface area (Å²) in [4.78, 5) is 1.45. The molecule has 0 fully saturated rings. The molecule has 0 bridgehead atoms. The zero-order chi connectivity index (χ0) is 20.9. The Hall–Kier alpha value is -2.16. The van der Waals surface area contributed by atoms with Gasteiger partial charge in [0, 0.05) is 4.88 Å². The molecule has 0 aliphatic heterocycles. The third kappa shape index (κ3) is 4.42. The van der Waals surface area contributed by atoms with Crippen LogP contribution in [0.5, 0.6) is 0 Å². The van der Waals surface area contributed by atoms with E-state index < -0.39 is 7.26 Å². The van der Waals surface area contributed by atoms with Gasteiger partial charge >= 0.3 is 0 Å². The Balaban J connectivity index is 1.63. The van der Waals surface area contributed by atoms with E-state index in [0.717, 1.165) is 6.16 Å². The molecule has 0 nitrogen and oxygen atoms in total. The minimum atomic E-state index is -1.83. The molecule has 0 N–H and O–H groups in total. The molecule has 0 saturated carbocycles. The summed E-state index contributed by atoms with van der Waals surface area (Å²) < 4.78 is 2.72. The van der Waals surface area contributed by atoms with Gasteiger partial charge in [0.25, 0.3) is 0 Å². The third-order valence-corrected chi connectivity index (χ3v) is 13.1. The highest BCUT2D eigenvalue weighted by Crippen LogP contribution is 2.59. The quantitative estimate of drug-likeness (QED) is 0.221. The lowest BCUT2D eigenvalue weighted by Crippen LogP contribution is -2.32. The van der Waals surface area contributed by atoms with Crippen molar-refractivity contribution in [3.63, 3.8) is 0 Å². The zero-order valence-electron chi connectivity index (χ0n) is 16.9. The van der Waals surface area contributed by atoms with Gasteiger partial charge in [-0.3, -0.25) is 0 Å². The first kappa shape index (κ1) is 20.7. The van der Waals surface area contributed by atoms with Crippen molar-refractivity contribution in [2.75, 3.05) is 0 Å². The maximum Gasteiger partial charge on any atom is 0.117 e. The van der Waals surface area contributed by atoms with Crippen molar-refractivity contribution < 1.29 is 0 Å². The molecule has 0 spiro atoms. The normalized spacial score (nSPS) is 11.5. The van der Waals surface area contributed by atoms with Crippen molar-refractivity contribution in [2.24, 2.45) is 0 Å². The highest BCUT2D eigenvalue weighted by atomic mass is 32.2. The van der Waals surface area contributed by atoms with Crippen LogP contribution in [0.25, 0.3) is 0 Å². The Morgan fingerprint density at radius 2 is 1.10 bits per heavy atom. The van der Waals surface area contributed by atoms with Crippen molar-refractivity contribution in [2.45, 2.75) is 14.6 Å². The molecule has 31 heavy (non-hydrogen) atoms. The van der Waals surface area contributed by atoms with E-state index in [1.54, 1.807) is 0 Å². The molecule has 3 aromatic carbocycles. The molecule has 0 atom stereocenters.